The first-order valence-electron chi connectivity index (χ1n) is 13.4. The summed E-state index contributed by atoms with van der Waals surface area (Å²) >= 11 is 1.62. The van der Waals surface area contributed by atoms with E-state index in [1.807, 2.05) is 30.6 Å². The highest BCUT2D eigenvalue weighted by Crippen LogP contribution is 2.27. The molecule has 1 atom stereocenters. The summed E-state index contributed by atoms with van der Waals surface area (Å²) in [4.78, 5) is 25.8. The van der Waals surface area contributed by atoms with Crippen LogP contribution in [0, 0.1) is 5.82 Å². The summed E-state index contributed by atoms with van der Waals surface area (Å²) in [6, 6.07) is 12.3. The predicted molar refractivity (Wildman–Crippen MR) is 159 cm³/mol. The van der Waals surface area contributed by atoms with Gasteiger partial charge in [0.05, 0.1) is 38.8 Å². The summed E-state index contributed by atoms with van der Waals surface area (Å²) in [5.41, 5.74) is 3.01. The van der Waals surface area contributed by atoms with Gasteiger partial charge in [-0.3, -0.25) is 9.80 Å². The Bertz CT molecular complexity index is 1390. The van der Waals surface area contributed by atoms with E-state index in [1.165, 1.54) is 12.1 Å². The molecule has 0 amide bonds. The number of methoxy groups -OCH3 is 2. The number of aldehydes is 1. The Morgan fingerprint density at radius 3 is 2.63 bits per heavy atom. The minimum atomic E-state index is -0.256. The topological polar surface area (TPSA) is 84.8 Å². The van der Waals surface area contributed by atoms with Gasteiger partial charge in [0.2, 0.25) is 0 Å². The van der Waals surface area contributed by atoms with Crippen LogP contribution in [0.1, 0.15) is 34.7 Å². The van der Waals surface area contributed by atoms with E-state index in [2.05, 4.69) is 43.6 Å². The van der Waals surface area contributed by atoms with Crippen LogP contribution in [-0.2, 0) is 24.4 Å². The van der Waals surface area contributed by atoms with E-state index in [4.69, 9.17) is 9.47 Å². The monoisotopic (exact) mass is 580 g/mol. The number of thiazole rings is 1. The van der Waals surface area contributed by atoms with Gasteiger partial charge >= 0.3 is 0 Å². The molecule has 2 heterocycles. The second kappa shape index (κ2) is 14.7. The highest BCUT2D eigenvalue weighted by molar-refractivity contribution is 7.15. The Kier molecular flexibility index (Phi) is 10.8. The van der Waals surface area contributed by atoms with E-state index in [9.17, 15) is 9.18 Å². The fourth-order valence-electron chi connectivity index (χ4n) is 4.56. The Morgan fingerprint density at radius 1 is 1.10 bits per heavy atom. The highest BCUT2D eigenvalue weighted by Gasteiger charge is 2.16. The Morgan fingerprint density at radius 2 is 1.90 bits per heavy atom. The van der Waals surface area contributed by atoms with Gasteiger partial charge in [-0.2, -0.15) is 0 Å². The Labute approximate surface area is 244 Å². The molecule has 1 N–H and O–H groups in total. The van der Waals surface area contributed by atoms with Crippen LogP contribution in [0.5, 0.6) is 11.5 Å². The number of likely N-dealkylation sites (N-methyl/N-ethyl adjacent to an activating group) is 1. The summed E-state index contributed by atoms with van der Waals surface area (Å²) in [7, 11) is 5.35. The van der Waals surface area contributed by atoms with Gasteiger partial charge < -0.3 is 24.2 Å². The van der Waals surface area contributed by atoms with Crippen LogP contribution in [0.15, 0.2) is 61.2 Å². The molecule has 4 aromatic rings. The Hall–Kier alpha value is -3.80. The molecule has 0 spiro atoms. The summed E-state index contributed by atoms with van der Waals surface area (Å²) in [5.74, 6) is 1.26. The number of hydrogen-bond acceptors (Lipinski definition) is 9. The van der Waals surface area contributed by atoms with E-state index in [1.54, 1.807) is 44.0 Å². The molecule has 9 nitrogen and oxygen atoms in total. The fraction of sp³-hybridized carbons (Fsp3) is 0.367. The van der Waals surface area contributed by atoms with Crippen LogP contribution in [0.4, 0.5) is 9.52 Å². The molecular formula is C30H37FN6O3S. The van der Waals surface area contributed by atoms with Gasteiger partial charge in [-0.05, 0) is 43.8 Å². The molecule has 0 aliphatic rings. The maximum Gasteiger partial charge on any atom is 0.183 e. The number of carbonyl (C=O) groups is 1. The van der Waals surface area contributed by atoms with Crippen molar-refractivity contribution in [3.05, 3.63) is 88.7 Å². The molecule has 0 aliphatic carbocycles. The van der Waals surface area contributed by atoms with Crippen LogP contribution in [0.2, 0.25) is 0 Å². The molecule has 0 aliphatic heterocycles. The second-order valence-corrected chi connectivity index (χ2v) is 10.9. The molecule has 41 heavy (non-hydrogen) atoms. The van der Waals surface area contributed by atoms with Crippen LogP contribution in [-0.4, -0.2) is 71.5 Å². The third kappa shape index (κ3) is 8.35. The van der Waals surface area contributed by atoms with Crippen molar-refractivity contribution in [3.63, 3.8) is 0 Å². The van der Waals surface area contributed by atoms with Gasteiger partial charge in [-0.15, -0.1) is 11.3 Å². The van der Waals surface area contributed by atoms with Gasteiger partial charge in [0.25, 0.3) is 0 Å². The summed E-state index contributed by atoms with van der Waals surface area (Å²) in [5, 5.41) is 4.23. The number of rotatable bonds is 16. The third-order valence-electron chi connectivity index (χ3n) is 6.94. The predicted octanol–water partition coefficient (Wildman–Crippen LogP) is 4.85. The average Bonchev–Trinajstić information content (AvgIpc) is 3.64. The molecule has 2 aromatic carbocycles. The maximum atomic E-state index is 13.4. The van der Waals surface area contributed by atoms with Gasteiger partial charge in [0, 0.05) is 61.6 Å². The first kappa shape index (κ1) is 30.2. The van der Waals surface area contributed by atoms with E-state index in [-0.39, 0.29) is 11.9 Å². The quantitative estimate of drug-likeness (QED) is 0.188. The molecule has 0 bridgehead atoms. The minimum Gasteiger partial charge on any atom is -0.497 e. The van der Waals surface area contributed by atoms with Crippen molar-refractivity contribution < 1.29 is 18.7 Å². The molecule has 0 radical (unpaired) electrons. The smallest absolute Gasteiger partial charge is 0.183 e. The van der Waals surface area contributed by atoms with E-state index in [0.717, 1.165) is 57.7 Å². The fourth-order valence-corrected chi connectivity index (χ4v) is 5.45. The molecule has 11 heteroatoms. The summed E-state index contributed by atoms with van der Waals surface area (Å²) in [6.45, 7) is 5.80. The lowest BCUT2D eigenvalue weighted by molar-refractivity contribution is -0.109. The standard InChI is InChI=1S/C30H37FN6O3S/c1-22(23-5-8-25(31)9-6-23)37-21-32-17-26(37)19-36(13-14-38)12-11-35(2)20-28-18-34-30(41-28)33-16-24-7-10-27(39-3)15-29(24)40-4/h5-10,14-15,17-18,21-22H,11-13,16,19-20H2,1-4H3,(H,33,34). The zero-order valence-corrected chi connectivity index (χ0v) is 24.7. The number of nitrogens with zero attached hydrogens (tertiary/aromatic N) is 5. The van der Waals surface area contributed by atoms with Crippen molar-refractivity contribution in [2.75, 3.05) is 46.2 Å². The number of hydrogen-bond donors (Lipinski definition) is 1. The number of imidazole rings is 1. The van der Waals surface area contributed by atoms with Crippen molar-refractivity contribution in [1.82, 2.24) is 24.3 Å². The molecular weight excluding hydrogens is 543 g/mol. The van der Waals surface area contributed by atoms with Crippen LogP contribution in [0.25, 0.3) is 0 Å². The molecule has 0 saturated heterocycles. The molecule has 4 rings (SSSR count). The number of nitrogens with one attached hydrogen (secondary N) is 1. The zero-order chi connectivity index (χ0) is 29.2. The summed E-state index contributed by atoms with van der Waals surface area (Å²) < 4.78 is 26.2. The molecule has 218 valence electrons. The van der Waals surface area contributed by atoms with Gasteiger partial charge in [-0.1, -0.05) is 12.1 Å². The number of aromatic nitrogens is 3. The van der Waals surface area contributed by atoms with Gasteiger partial charge in [-0.25, -0.2) is 14.4 Å². The number of benzene rings is 2. The van der Waals surface area contributed by atoms with Crippen LogP contribution in [0.3, 0.4) is 0 Å². The first-order valence-corrected chi connectivity index (χ1v) is 14.2. The lowest BCUT2D eigenvalue weighted by Crippen LogP contribution is -2.34. The molecule has 0 fully saturated rings. The Balaban J connectivity index is 1.29. The normalized spacial score (nSPS) is 12.1. The van der Waals surface area contributed by atoms with E-state index >= 15 is 0 Å². The van der Waals surface area contributed by atoms with E-state index in [0.29, 0.717) is 26.2 Å². The number of carbonyl (C=O) groups excluding carboxylic acids is 1. The number of halogens is 1. The van der Waals surface area contributed by atoms with Crippen LogP contribution < -0.4 is 14.8 Å². The zero-order valence-electron chi connectivity index (χ0n) is 23.9. The van der Waals surface area contributed by atoms with Crippen molar-refractivity contribution in [2.24, 2.45) is 0 Å². The second-order valence-electron chi connectivity index (χ2n) is 9.82. The van der Waals surface area contributed by atoms with Crippen molar-refractivity contribution in [3.8, 4) is 11.5 Å². The lowest BCUT2D eigenvalue weighted by atomic mass is 10.1. The maximum absolute atomic E-state index is 13.4. The minimum absolute atomic E-state index is 0.00574. The van der Waals surface area contributed by atoms with E-state index < -0.39 is 0 Å². The van der Waals surface area contributed by atoms with Crippen molar-refractivity contribution in [2.45, 2.75) is 32.6 Å². The van der Waals surface area contributed by atoms with Gasteiger partial charge in [0.1, 0.15) is 23.6 Å². The first-order chi connectivity index (χ1) is 19.9. The third-order valence-corrected chi connectivity index (χ3v) is 7.88. The summed E-state index contributed by atoms with van der Waals surface area (Å²) in [6.07, 6.45) is 6.44. The highest BCUT2D eigenvalue weighted by atomic mass is 32.1. The SMILES string of the molecule is COc1ccc(CNc2ncc(CN(C)CCN(CC=O)Cc3cncn3C(C)c3ccc(F)cc3)s2)c(OC)c1. The number of ether oxygens (including phenoxy) is 2. The average molecular weight is 581 g/mol. The lowest BCUT2D eigenvalue weighted by Gasteiger charge is -2.25. The largest absolute Gasteiger partial charge is 0.497 e. The van der Waals surface area contributed by atoms with Crippen molar-refractivity contribution >= 4 is 22.8 Å². The van der Waals surface area contributed by atoms with Crippen molar-refractivity contribution in [1.29, 1.82) is 0 Å². The number of anilines is 1. The molecule has 0 saturated carbocycles. The van der Waals surface area contributed by atoms with Gasteiger partial charge in [0.15, 0.2) is 5.13 Å². The van der Waals surface area contributed by atoms with Crippen LogP contribution >= 0.6 is 11.3 Å². The molecule has 1 unspecified atom stereocenters. The molecule has 2 aromatic heterocycles.